The van der Waals surface area contributed by atoms with Gasteiger partial charge in [-0.2, -0.15) is 10.5 Å². The number of nitro groups is 1. The lowest BCUT2D eigenvalue weighted by molar-refractivity contribution is -0.385. The van der Waals surface area contributed by atoms with E-state index in [1.165, 1.54) is 12.1 Å². The second kappa shape index (κ2) is 14.3. The van der Waals surface area contributed by atoms with Crippen LogP contribution in [-0.4, -0.2) is 45.3 Å². The predicted octanol–water partition coefficient (Wildman–Crippen LogP) is 4.94. The maximum absolute atomic E-state index is 10.7. The number of hydrogen-bond acceptors (Lipinski definition) is 7. The van der Waals surface area contributed by atoms with Gasteiger partial charge in [-0.1, -0.05) is 23.8 Å². The van der Waals surface area contributed by atoms with Gasteiger partial charge in [-0.3, -0.25) is 10.1 Å². The lowest BCUT2D eigenvalue weighted by atomic mass is 10.1. The van der Waals surface area contributed by atoms with Crippen molar-refractivity contribution in [3.05, 3.63) is 88.0 Å². The SMILES string of the molecule is C=CCN(CC=C)c1ccc(C#N)c(Cl)c1.COCCN(C)c1ccc([N+](=O)[O-])c(C#N)c1. The number of likely N-dealkylation sites (N-methyl/N-ethyl adjacent to an activating group) is 1. The highest BCUT2D eigenvalue weighted by molar-refractivity contribution is 6.32. The van der Waals surface area contributed by atoms with Crippen LogP contribution in [0.1, 0.15) is 11.1 Å². The molecule has 33 heavy (non-hydrogen) atoms. The summed E-state index contributed by atoms with van der Waals surface area (Å²) in [5.41, 5.74) is 2.10. The van der Waals surface area contributed by atoms with E-state index < -0.39 is 4.92 Å². The van der Waals surface area contributed by atoms with Crippen LogP contribution in [0.4, 0.5) is 17.1 Å². The molecule has 0 N–H and O–H groups in total. The summed E-state index contributed by atoms with van der Waals surface area (Å²) in [6.45, 7) is 10.0. The first-order valence-electron chi connectivity index (χ1n) is 9.87. The Morgan fingerprint density at radius 3 is 2.18 bits per heavy atom. The number of hydrogen-bond donors (Lipinski definition) is 0. The summed E-state index contributed by atoms with van der Waals surface area (Å²) < 4.78 is 4.94. The minimum absolute atomic E-state index is 0.0665. The van der Waals surface area contributed by atoms with Gasteiger partial charge in [0.25, 0.3) is 5.69 Å². The first-order chi connectivity index (χ1) is 15.8. The number of halogens is 1. The van der Waals surface area contributed by atoms with Gasteiger partial charge >= 0.3 is 0 Å². The monoisotopic (exact) mass is 467 g/mol. The van der Waals surface area contributed by atoms with Crippen LogP contribution in [0.5, 0.6) is 0 Å². The van der Waals surface area contributed by atoms with Crippen molar-refractivity contribution in [2.45, 2.75) is 0 Å². The lowest BCUT2D eigenvalue weighted by Crippen LogP contribution is -2.22. The number of benzene rings is 2. The predicted molar refractivity (Wildman–Crippen MR) is 132 cm³/mol. The standard InChI is InChI=1S/C13H13ClN2.C11H13N3O3/c1-3-7-16(8-4-2)12-6-5-11(10-15)13(14)9-12;1-13(5-6-17-2)10-3-4-11(14(15)16)9(7-10)8-12/h3-6,9H,1-2,7-8H2;3-4,7H,5-6H2,1-2H3. The van der Waals surface area contributed by atoms with Crippen LogP contribution < -0.4 is 9.80 Å². The molecule has 9 heteroatoms. The fourth-order valence-corrected chi connectivity index (χ4v) is 2.97. The van der Waals surface area contributed by atoms with E-state index in [4.69, 9.17) is 26.9 Å². The molecular formula is C24H26ClN5O3. The zero-order chi connectivity index (χ0) is 24.8. The Kier molecular flexibility index (Phi) is 11.7. The largest absolute Gasteiger partial charge is 0.383 e. The van der Waals surface area contributed by atoms with E-state index in [0.717, 1.165) is 11.4 Å². The highest BCUT2D eigenvalue weighted by atomic mass is 35.5. The topological polar surface area (TPSA) is 106 Å². The van der Waals surface area contributed by atoms with Crippen LogP contribution in [0.2, 0.25) is 5.02 Å². The van der Waals surface area contributed by atoms with Crippen molar-refractivity contribution >= 4 is 28.7 Å². The van der Waals surface area contributed by atoms with Gasteiger partial charge in [0, 0.05) is 51.2 Å². The molecule has 8 nitrogen and oxygen atoms in total. The highest BCUT2D eigenvalue weighted by Crippen LogP contribution is 2.24. The molecule has 0 aliphatic heterocycles. The van der Waals surface area contributed by atoms with Crippen LogP contribution in [0.3, 0.4) is 0 Å². The van der Waals surface area contributed by atoms with E-state index in [1.807, 2.05) is 42.3 Å². The lowest BCUT2D eigenvalue weighted by Gasteiger charge is -2.21. The number of nitriles is 2. The summed E-state index contributed by atoms with van der Waals surface area (Å²) in [6.07, 6.45) is 3.63. The van der Waals surface area contributed by atoms with Crippen molar-refractivity contribution in [2.24, 2.45) is 0 Å². The third kappa shape index (κ3) is 8.30. The third-order valence-corrected chi connectivity index (χ3v) is 4.82. The van der Waals surface area contributed by atoms with Gasteiger partial charge in [-0.25, -0.2) is 0 Å². The molecule has 0 radical (unpaired) electrons. The van der Waals surface area contributed by atoms with Gasteiger partial charge in [-0.05, 0) is 30.3 Å². The van der Waals surface area contributed by atoms with E-state index in [1.54, 1.807) is 25.3 Å². The molecule has 2 rings (SSSR count). The van der Waals surface area contributed by atoms with Crippen molar-refractivity contribution in [3.63, 3.8) is 0 Å². The molecule has 0 aliphatic rings. The highest BCUT2D eigenvalue weighted by Gasteiger charge is 2.14. The van der Waals surface area contributed by atoms with Gasteiger partial charge < -0.3 is 14.5 Å². The Hall–Kier alpha value is -3.85. The average Bonchev–Trinajstić information content (AvgIpc) is 2.82. The molecule has 0 aliphatic carbocycles. The van der Waals surface area contributed by atoms with Crippen LogP contribution in [0.25, 0.3) is 0 Å². The van der Waals surface area contributed by atoms with Crippen LogP contribution in [0.15, 0.2) is 61.7 Å². The molecule has 0 unspecified atom stereocenters. The normalized spacial score (nSPS) is 9.48. The maximum Gasteiger partial charge on any atom is 0.287 e. The van der Waals surface area contributed by atoms with E-state index in [0.29, 0.717) is 36.8 Å². The molecule has 0 spiro atoms. The number of ether oxygens (including phenoxy) is 1. The fourth-order valence-electron chi connectivity index (χ4n) is 2.76. The Morgan fingerprint density at radius 2 is 1.70 bits per heavy atom. The first-order valence-corrected chi connectivity index (χ1v) is 10.3. The second-order valence-electron chi connectivity index (χ2n) is 6.74. The summed E-state index contributed by atoms with van der Waals surface area (Å²) in [7, 11) is 3.44. The molecule has 0 bridgehead atoms. The molecular weight excluding hydrogens is 442 g/mol. The van der Waals surface area contributed by atoms with Crippen LogP contribution in [0, 0.1) is 32.8 Å². The van der Waals surface area contributed by atoms with Crippen molar-refractivity contribution in [3.8, 4) is 12.1 Å². The van der Waals surface area contributed by atoms with Gasteiger partial charge in [0.2, 0.25) is 0 Å². The van der Waals surface area contributed by atoms with Gasteiger partial charge in [0.1, 0.15) is 17.7 Å². The zero-order valence-electron chi connectivity index (χ0n) is 18.7. The number of nitro benzene ring substituents is 1. The maximum atomic E-state index is 10.7. The Bertz CT molecular complexity index is 1050. The Labute approximate surface area is 199 Å². The van der Waals surface area contributed by atoms with E-state index in [-0.39, 0.29) is 11.3 Å². The molecule has 2 aromatic rings. The summed E-state index contributed by atoms with van der Waals surface area (Å²) in [6, 6.07) is 13.7. The van der Waals surface area contributed by atoms with Gasteiger partial charge in [0.15, 0.2) is 0 Å². The number of rotatable bonds is 10. The number of anilines is 2. The van der Waals surface area contributed by atoms with Crippen molar-refractivity contribution in [2.75, 3.05) is 50.2 Å². The number of methoxy groups -OCH3 is 1. The van der Waals surface area contributed by atoms with Crippen molar-refractivity contribution in [1.29, 1.82) is 10.5 Å². The molecule has 0 saturated heterocycles. The molecule has 172 valence electrons. The van der Waals surface area contributed by atoms with E-state index in [9.17, 15) is 10.1 Å². The summed E-state index contributed by atoms with van der Waals surface area (Å²) >= 11 is 5.97. The van der Waals surface area contributed by atoms with Crippen LogP contribution >= 0.6 is 11.6 Å². The Morgan fingerprint density at radius 1 is 1.09 bits per heavy atom. The van der Waals surface area contributed by atoms with E-state index in [2.05, 4.69) is 18.1 Å². The summed E-state index contributed by atoms with van der Waals surface area (Å²) in [5.74, 6) is 0. The smallest absolute Gasteiger partial charge is 0.287 e. The Balaban J connectivity index is 0.000000331. The summed E-state index contributed by atoms with van der Waals surface area (Å²) in [4.78, 5) is 14.0. The molecule has 0 fully saturated rings. The molecule has 0 saturated carbocycles. The number of nitrogens with zero attached hydrogens (tertiary/aromatic N) is 5. The van der Waals surface area contributed by atoms with Crippen LogP contribution in [-0.2, 0) is 4.74 Å². The third-order valence-electron chi connectivity index (χ3n) is 4.51. The van der Waals surface area contributed by atoms with Crippen molar-refractivity contribution < 1.29 is 9.66 Å². The molecule has 2 aromatic carbocycles. The van der Waals surface area contributed by atoms with Crippen molar-refractivity contribution in [1.82, 2.24) is 0 Å². The summed E-state index contributed by atoms with van der Waals surface area (Å²) in [5, 5.41) is 28.8. The van der Waals surface area contributed by atoms with E-state index >= 15 is 0 Å². The average molecular weight is 468 g/mol. The van der Waals surface area contributed by atoms with Gasteiger partial charge in [0.05, 0.1) is 22.1 Å². The molecule has 0 atom stereocenters. The second-order valence-corrected chi connectivity index (χ2v) is 7.15. The van der Waals surface area contributed by atoms with Gasteiger partial charge in [-0.15, -0.1) is 13.2 Å². The molecule has 0 aromatic heterocycles. The molecule has 0 amide bonds. The quantitative estimate of drug-likeness (QED) is 0.276. The minimum atomic E-state index is -0.558. The fraction of sp³-hybridized carbons (Fsp3) is 0.250. The first kappa shape index (κ1) is 27.2. The zero-order valence-corrected chi connectivity index (χ0v) is 19.5. The minimum Gasteiger partial charge on any atom is -0.383 e. The molecule has 0 heterocycles.